The Kier molecular flexibility index (Phi) is 12.6. The molecule has 0 spiro atoms. The van der Waals surface area contributed by atoms with Crippen molar-refractivity contribution < 1.29 is 22.4 Å². The molecule has 0 aliphatic rings. The van der Waals surface area contributed by atoms with Crippen LogP contribution >= 0.6 is 0 Å². The first-order chi connectivity index (χ1) is 14.3. The number of nitrogens with zero attached hydrogens (tertiary/aromatic N) is 3. The van der Waals surface area contributed by atoms with Crippen molar-refractivity contribution in [3.05, 3.63) is 69.8 Å². The molecule has 0 saturated carbocycles. The third-order valence-electron chi connectivity index (χ3n) is 4.13. The third-order valence-corrected chi connectivity index (χ3v) is 4.44. The second-order valence-electron chi connectivity index (χ2n) is 7.59. The number of rotatable bonds is 10. The predicted molar refractivity (Wildman–Crippen MR) is 130 cm³/mol. The van der Waals surface area contributed by atoms with Crippen LogP contribution in [0.25, 0.3) is 22.8 Å². The molecule has 0 saturated heterocycles. The van der Waals surface area contributed by atoms with Gasteiger partial charge in [0.1, 0.15) is 0 Å². The second kappa shape index (κ2) is 14.0. The van der Waals surface area contributed by atoms with Gasteiger partial charge in [0.2, 0.25) is 0 Å². The topological polar surface area (TPSA) is 48.5 Å². The van der Waals surface area contributed by atoms with Crippen molar-refractivity contribution in [3.8, 4) is 0 Å². The van der Waals surface area contributed by atoms with Crippen LogP contribution in [0.4, 0.5) is 11.4 Å². The first-order valence-corrected chi connectivity index (χ1v) is 11.4. The fourth-order valence-electron chi connectivity index (χ4n) is 2.68. The summed E-state index contributed by atoms with van der Waals surface area (Å²) in [7, 11) is 4.09. The normalized spacial score (nSPS) is 11.2. The Morgan fingerprint density at radius 1 is 1.03 bits per heavy atom. The fourth-order valence-corrected chi connectivity index (χ4v) is 2.86. The van der Waals surface area contributed by atoms with Gasteiger partial charge < -0.3 is 40.8 Å². The Labute approximate surface area is 203 Å². The van der Waals surface area contributed by atoms with Gasteiger partial charge >= 0.3 is 22.4 Å². The van der Waals surface area contributed by atoms with Gasteiger partial charge in [0.15, 0.2) is 0 Å². The summed E-state index contributed by atoms with van der Waals surface area (Å²) in [5.74, 6) is 0.625. The summed E-state index contributed by atoms with van der Waals surface area (Å²) in [6, 6.07) is 14.8. The van der Waals surface area contributed by atoms with Gasteiger partial charge in [-0.2, -0.15) is 23.6 Å². The number of hydrogen-bond acceptors (Lipinski definition) is 4. The van der Waals surface area contributed by atoms with Crippen LogP contribution < -0.4 is 4.90 Å². The summed E-state index contributed by atoms with van der Waals surface area (Å²) in [5.41, 5.74) is 5.59. The molecule has 0 amide bonds. The summed E-state index contributed by atoms with van der Waals surface area (Å²) < 4.78 is 8.01. The van der Waals surface area contributed by atoms with E-state index in [1.165, 1.54) is 11.3 Å². The average molecular weight is 526 g/mol. The van der Waals surface area contributed by atoms with Crippen molar-refractivity contribution in [1.82, 2.24) is 0 Å². The first kappa shape index (κ1) is 26.9. The molecule has 7 heteroatoms. The van der Waals surface area contributed by atoms with E-state index in [-0.39, 0.29) is 4.75 Å². The van der Waals surface area contributed by atoms with Crippen LogP contribution in [0, 0.1) is 0 Å². The van der Waals surface area contributed by atoms with Crippen molar-refractivity contribution in [1.29, 1.82) is 0 Å². The van der Waals surface area contributed by atoms with Crippen molar-refractivity contribution in [2.45, 2.75) is 25.1 Å². The SMILES string of the molecule is CN(C)c1ccc(/C=C/c2ccc([N-]CC[S-])c(C[N-]CC(C)(C)[S-])c2)cc1.[O]=[Tc+4]. The van der Waals surface area contributed by atoms with E-state index in [4.69, 9.17) is 28.8 Å². The van der Waals surface area contributed by atoms with E-state index >= 15 is 0 Å². The van der Waals surface area contributed by atoms with Crippen LogP contribution in [0.3, 0.4) is 0 Å². The molecule has 2 aromatic rings. The van der Waals surface area contributed by atoms with Crippen molar-refractivity contribution >= 4 is 48.8 Å². The predicted octanol–water partition coefficient (Wildman–Crippen LogP) is 5.55. The van der Waals surface area contributed by atoms with E-state index in [2.05, 4.69) is 70.2 Å². The molecular formula is C23H29N3OS2Tc. The molecule has 0 N–H and O–H groups in total. The van der Waals surface area contributed by atoms with Crippen LogP contribution in [0.15, 0.2) is 42.5 Å². The van der Waals surface area contributed by atoms with E-state index in [1.807, 2.05) is 27.9 Å². The molecule has 2 rings (SSSR count). The summed E-state index contributed by atoms with van der Waals surface area (Å²) in [6.07, 6.45) is 4.25. The van der Waals surface area contributed by atoms with E-state index in [0.29, 0.717) is 25.4 Å². The van der Waals surface area contributed by atoms with Gasteiger partial charge in [-0.05, 0) is 23.3 Å². The second-order valence-corrected chi connectivity index (χ2v) is 9.11. The molecule has 2 aromatic carbocycles. The van der Waals surface area contributed by atoms with Gasteiger partial charge in [-0.15, -0.1) is 12.2 Å². The Morgan fingerprint density at radius 3 is 2.20 bits per heavy atom. The Balaban J connectivity index is 0.00000218. The Morgan fingerprint density at radius 2 is 1.63 bits per heavy atom. The molecule has 161 valence electrons. The number of benzene rings is 2. The van der Waals surface area contributed by atoms with Gasteiger partial charge in [0.25, 0.3) is 0 Å². The zero-order chi connectivity index (χ0) is 22.6. The molecule has 0 aromatic heterocycles. The summed E-state index contributed by atoms with van der Waals surface area (Å²) in [4.78, 5) is 2.10. The molecule has 4 nitrogen and oxygen atoms in total. The molecular weight excluding hydrogens is 496 g/mol. The van der Waals surface area contributed by atoms with Crippen LogP contribution in [0.5, 0.6) is 0 Å². The summed E-state index contributed by atoms with van der Waals surface area (Å²) in [5, 5.41) is 9.25. The van der Waals surface area contributed by atoms with Crippen LogP contribution in [0.1, 0.15) is 30.5 Å². The molecule has 0 aliphatic heterocycles. The first-order valence-electron chi connectivity index (χ1n) is 9.61. The van der Waals surface area contributed by atoms with E-state index in [0.717, 1.165) is 35.7 Å². The summed E-state index contributed by atoms with van der Waals surface area (Å²) >= 11 is 11.3. The van der Waals surface area contributed by atoms with E-state index < -0.39 is 0 Å². The number of anilines is 1. The minimum atomic E-state index is -0.214. The molecule has 0 heterocycles. The van der Waals surface area contributed by atoms with Gasteiger partial charge in [0.05, 0.1) is 0 Å². The average Bonchev–Trinajstić information content (AvgIpc) is 2.72. The molecule has 30 heavy (non-hydrogen) atoms. The van der Waals surface area contributed by atoms with Gasteiger partial charge in [0, 0.05) is 19.8 Å². The Hall–Kier alpha value is -1.11. The van der Waals surface area contributed by atoms with Gasteiger partial charge in [-0.3, -0.25) is 0 Å². The van der Waals surface area contributed by atoms with Crippen molar-refractivity contribution in [2.75, 3.05) is 37.8 Å². The number of hydrogen-bond donors (Lipinski definition) is 0. The standard InChI is InChI=1S/C23H31N3S2.O.Tc/c1-23(2,28)17-24-16-20-15-19(9-12-22(20)25-13-14-27)6-5-18-7-10-21(11-8-18)26(3)4;;/h5-12,15,27-28H,13-14,16-17H2,1-4H3;;/q-2;;+4/p-2/b6-5+;;. The zero-order valence-corrected chi connectivity index (χ0v) is 21.5. The van der Waals surface area contributed by atoms with Crippen LogP contribution in [-0.2, 0) is 54.2 Å². The maximum absolute atomic E-state index is 8.22. The summed E-state index contributed by atoms with van der Waals surface area (Å²) in [6.45, 7) is 5.98. The third kappa shape index (κ3) is 10.3. The molecule has 0 atom stereocenters. The van der Waals surface area contributed by atoms with Gasteiger partial charge in [-0.1, -0.05) is 61.9 Å². The van der Waals surface area contributed by atoms with Crippen LogP contribution in [0.2, 0.25) is 0 Å². The quantitative estimate of drug-likeness (QED) is 0.301. The maximum atomic E-state index is 8.22. The molecule has 0 bridgehead atoms. The van der Waals surface area contributed by atoms with E-state index in [9.17, 15) is 0 Å². The Bertz CT molecular complexity index is 790. The molecule has 0 unspecified atom stereocenters. The minimum absolute atomic E-state index is 0.214. The zero-order valence-electron chi connectivity index (χ0n) is 18.0. The fraction of sp³-hybridized carbons (Fsp3) is 0.391. The van der Waals surface area contributed by atoms with Crippen molar-refractivity contribution in [3.63, 3.8) is 0 Å². The molecule has 0 fully saturated rings. The van der Waals surface area contributed by atoms with Crippen LogP contribution in [-0.4, -0.2) is 37.7 Å². The molecule has 0 radical (unpaired) electrons. The monoisotopic (exact) mass is 524 g/mol. The molecule has 0 aliphatic carbocycles. The van der Waals surface area contributed by atoms with Crippen molar-refractivity contribution in [2.24, 2.45) is 0 Å². The van der Waals surface area contributed by atoms with E-state index in [1.54, 1.807) is 0 Å². The van der Waals surface area contributed by atoms with Gasteiger partial charge in [-0.25, -0.2) is 0 Å².